The Morgan fingerprint density at radius 2 is 2.09 bits per heavy atom. The molecule has 0 spiro atoms. The molecular formula is C15H20N4O3S. The third-order valence-corrected chi connectivity index (χ3v) is 5.57. The average molecular weight is 336 g/mol. The highest BCUT2D eigenvalue weighted by molar-refractivity contribution is 7.91. The summed E-state index contributed by atoms with van der Waals surface area (Å²) in [6.07, 6.45) is 3.15. The Balaban J connectivity index is 1.54. The summed E-state index contributed by atoms with van der Waals surface area (Å²) < 4.78 is 32.1. The van der Waals surface area contributed by atoms with Gasteiger partial charge in [-0.3, -0.25) is 9.58 Å². The van der Waals surface area contributed by atoms with E-state index in [0.29, 0.717) is 31.1 Å². The molecule has 0 unspecified atom stereocenters. The fourth-order valence-corrected chi connectivity index (χ4v) is 3.93. The summed E-state index contributed by atoms with van der Waals surface area (Å²) >= 11 is 0. The van der Waals surface area contributed by atoms with E-state index >= 15 is 0 Å². The molecule has 124 valence electrons. The van der Waals surface area contributed by atoms with Gasteiger partial charge in [-0.25, -0.2) is 13.4 Å². The standard InChI is InChI=1S/C15H20N4O3S/c20-23(21,15-4-2-1-3-5-15)9-7-18-6-8-22-14(10-18)11-19-13-16-12-17-19/h1-5,12-14H,6-11H2/t14-/m1/s1. The second-order valence-electron chi connectivity index (χ2n) is 5.54. The zero-order valence-electron chi connectivity index (χ0n) is 12.8. The van der Waals surface area contributed by atoms with E-state index in [1.807, 2.05) is 6.07 Å². The highest BCUT2D eigenvalue weighted by Gasteiger charge is 2.23. The maximum atomic E-state index is 12.3. The van der Waals surface area contributed by atoms with Gasteiger partial charge in [0.05, 0.1) is 29.9 Å². The van der Waals surface area contributed by atoms with Crippen molar-refractivity contribution in [3.63, 3.8) is 0 Å². The largest absolute Gasteiger partial charge is 0.374 e. The van der Waals surface area contributed by atoms with Gasteiger partial charge in [-0.15, -0.1) is 0 Å². The van der Waals surface area contributed by atoms with Crippen molar-refractivity contribution in [1.82, 2.24) is 19.7 Å². The van der Waals surface area contributed by atoms with Crippen LogP contribution in [0.2, 0.25) is 0 Å². The molecule has 3 rings (SSSR count). The maximum Gasteiger partial charge on any atom is 0.179 e. The van der Waals surface area contributed by atoms with E-state index in [2.05, 4.69) is 15.0 Å². The van der Waals surface area contributed by atoms with Crippen LogP contribution in [0.1, 0.15) is 0 Å². The van der Waals surface area contributed by atoms with Gasteiger partial charge in [0, 0.05) is 19.6 Å². The van der Waals surface area contributed by atoms with Crippen molar-refractivity contribution in [2.45, 2.75) is 17.5 Å². The molecule has 1 fully saturated rings. The lowest BCUT2D eigenvalue weighted by Crippen LogP contribution is -2.45. The Morgan fingerprint density at radius 3 is 2.83 bits per heavy atom. The fourth-order valence-electron chi connectivity index (χ4n) is 2.62. The fraction of sp³-hybridized carbons (Fsp3) is 0.467. The zero-order valence-corrected chi connectivity index (χ0v) is 13.6. The molecule has 0 bridgehead atoms. The van der Waals surface area contributed by atoms with Crippen molar-refractivity contribution in [1.29, 1.82) is 0 Å². The van der Waals surface area contributed by atoms with E-state index in [0.717, 1.165) is 6.54 Å². The smallest absolute Gasteiger partial charge is 0.179 e. The minimum atomic E-state index is -3.24. The van der Waals surface area contributed by atoms with E-state index in [-0.39, 0.29) is 11.9 Å². The summed E-state index contributed by atoms with van der Waals surface area (Å²) in [4.78, 5) is 6.42. The Morgan fingerprint density at radius 1 is 1.26 bits per heavy atom. The molecule has 8 heteroatoms. The third-order valence-electron chi connectivity index (χ3n) is 3.86. The van der Waals surface area contributed by atoms with Gasteiger partial charge in [-0.2, -0.15) is 5.10 Å². The number of morpholine rings is 1. The number of ether oxygens (including phenoxy) is 1. The monoisotopic (exact) mass is 336 g/mol. The average Bonchev–Trinajstić information content (AvgIpc) is 3.07. The van der Waals surface area contributed by atoms with Crippen LogP contribution in [-0.4, -0.2) is 66.2 Å². The van der Waals surface area contributed by atoms with Crippen LogP contribution in [0, 0.1) is 0 Å². The number of sulfone groups is 1. The van der Waals surface area contributed by atoms with E-state index < -0.39 is 9.84 Å². The predicted molar refractivity (Wildman–Crippen MR) is 84.7 cm³/mol. The minimum Gasteiger partial charge on any atom is -0.374 e. The van der Waals surface area contributed by atoms with Gasteiger partial charge in [-0.1, -0.05) is 18.2 Å². The van der Waals surface area contributed by atoms with Gasteiger partial charge in [-0.05, 0) is 12.1 Å². The quantitative estimate of drug-likeness (QED) is 0.762. The van der Waals surface area contributed by atoms with Gasteiger partial charge in [0.1, 0.15) is 12.7 Å². The third kappa shape index (κ3) is 4.37. The SMILES string of the molecule is O=S(=O)(CCN1CCO[C@@H](Cn2cncn2)C1)c1ccccc1. The first-order chi connectivity index (χ1) is 11.1. The van der Waals surface area contributed by atoms with Gasteiger partial charge < -0.3 is 4.74 Å². The van der Waals surface area contributed by atoms with Crippen molar-refractivity contribution in [2.24, 2.45) is 0 Å². The second-order valence-corrected chi connectivity index (χ2v) is 7.65. The molecule has 2 heterocycles. The first-order valence-corrected chi connectivity index (χ1v) is 9.23. The summed E-state index contributed by atoms with van der Waals surface area (Å²) in [5.74, 6) is 0.118. The molecule has 1 aliphatic heterocycles. The lowest BCUT2D eigenvalue weighted by molar-refractivity contribution is -0.0356. The van der Waals surface area contributed by atoms with Crippen molar-refractivity contribution < 1.29 is 13.2 Å². The van der Waals surface area contributed by atoms with Crippen LogP contribution in [0.5, 0.6) is 0 Å². The maximum absolute atomic E-state index is 12.3. The molecular weight excluding hydrogens is 316 g/mol. The highest BCUT2D eigenvalue weighted by atomic mass is 32.2. The van der Waals surface area contributed by atoms with Crippen LogP contribution >= 0.6 is 0 Å². The molecule has 1 atom stereocenters. The molecule has 1 saturated heterocycles. The van der Waals surface area contributed by atoms with Crippen LogP contribution in [0.3, 0.4) is 0 Å². The van der Waals surface area contributed by atoms with Gasteiger partial charge in [0.2, 0.25) is 0 Å². The topological polar surface area (TPSA) is 77.3 Å². The van der Waals surface area contributed by atoms with Crippen molar-refractivity contribution >= 4 is 9.84 Å². The summed E-state index contributed by atoms with van der Waals surface area (Å²) in [6, 6.07) is 8.59. The van der Waals surface area contributed by atoms with Gasteiger partial charge in [0.25, 0.3) is 0 Å². The molecule has 2 aromatic rings. The summed E-state index contributed by atoms with van der Waals surface area (Å²) in [7, 11) is -3.24. The molecule has 7 nitrogen and oxygen atoms in total. The number of aromatic nitrogens is 3. The van der Waals surface area contributed by atoms with Crippen molar-refractivity contribution in [3.05, 3.63) is 43.0 Å². The van der Waals surface area contributed by atoms with Crippen LogP contribution < -0.4 is 0 Å². The number of benzene rings is 1. The van der Waals surface area contributed by atoms with Crippen LogP contribution in [0.25, 0.3) is 0 Å². The van der Waals surface area contributed by atoms with Gasteiger partial charge >= 0.3 is 0 Å². The lowest BCUT2D eigenvalue weighted by Gasteiger charge is -2.32. The van der Waals surface area contributed by atoms with E-state index in [1.165, 1.54) is 6.33 Å². The normalized spacial score (nSPS) is 19.7. The Hall–Kier alpha value is -1.77. The van der Waals surface area contributed by atoms with Crippen LogP contribution in [-0.2, 0) is 21.1 Å². The van der Waals surface area contributed by atoms with Gasteiger partial charge in [0.15, 0.2) is 9.84 Å². The Kier molecular flexibility index (Phi) is 5.04. The van der Waals surface area contributed by atoms with Crippen LogP contribution in [0.4, 0.5) is 0 Å². The lowest BCUT2D eigenvalue weighted by atomic mass is 10.2. The number of rotatable bonds is 6. The number of nitrogens with zero attached hydrogens (tertiary/aromatic N) is 4. The molecule has 1 aliphatic rings. The Bertz CT molecular complexity index is 704. The van der Waals surface area contributed by atoms with Crippen molar-refractivity contribution in [2.75, 3.05) is 32.0 Å². The van der Waals surface area contributed by atoms with Crippen molar-refractivity contribution in [3.8, 4) is 0 Å². The molecule has 23 heavy (non-hydrogen) atoms. The Labute approximate surface area is 135 Å². The van der Waals surface area contributed by atoms with E-state index in [1.54, 1.807) is 35.3 Å². The number of hydrogen-bond acceptors (Lipinski definition) is 6. The molecule has 0 N–H and O–H groups in total. The van der Waals surface area contributed by atoms with E-state index in [9.17, 15) is 8.42 Å². The minimum absolute atomic E-state index is 0.00452. The molecule has 1 aromatic heterocycles. The summed E-state index contributed by atoms with van der Waals surface area (Å²) in [5.41, 5.74) is 0. The number of hydrogen-bond donors (Lipinski definition) is 0. The second kappa shape index (κ2) is 7.20. The highest BCUT2D eigenvalue weighted by Crippen LogP contribution is 2.12. The predicted octanol–water partition coefficient (Wildman–Crippen LogP) is 0.453. The molecule has 1 aromatic carbocycles. The van der Waals surface area contributed by atoms with E-state index in [4.69, 9.17) is 4.74 Å². The first kappa shape index (κ1) is 16.1. The first-order valence-electron chi connectivity index (χ1n) is 7.58. The summed E-state index contributed by atoms with van der Waals surface area (Å²) in [5, 5.41) is 4.07. The molecule has 0 aliphatic carbocycles. The molecule has 0 saturated carbocycles. The zero-order chi connectivity index (χ0) is 16.1. The molecule has 0 radical (unpaired) electrons. The molecule has 0 amide bonds. The van der Waals surface area contributed by atoms with Crippen LogP contribution in [0.15, 0.2) is 47.9 Å². The summed E-state index contributed by atoms with van der Waals surface area (Å²) in [6.45, 7) is 3.18.